The van der Waals surface area contributed by atoms with Crippen LogP contribution in [0.4, 0.5) is 0 Å². The first-order valence-electron chi connectivity index (χ1n) is 21.0. The van der Waals surface area contributed by atoms with Gasteiger partial charge in [0, 0.05) is 19.3 Å². The molecule has 0 fully saturated rings. The molecule has 54 heavy (non-hydrogen) atoms. The fourth-order valence-electron chi connectivity index (χ4n) is 5.60. The van der Waals surface area contributed by atoms with Gasteiger partial charge >= 0.3 is 17.9 Å². The molecule has 0 rings (SSSR count). The van der Waals surface area contributed by atoms with Crippen molar-refractivity contribution in [1.29, 1.82) is 0 Å². The molecule has 0 aromatic heterocycles. The largest absolute Gasteiger partial charge is 0.477 e. The van der Waals surface area contributed by atoms with Crippen molar-refractivity contribution in [1.82, 2.24) is 0 Å². The number of ether oxygens (including phenoxy) is 3. The molecule has 0 saturated heterocycles. The molecule has 308 valence electrons. The van der Waals surface area contributed by atoms with E-state index in [1.807, 2.05) is 27.2 Å². The van der Waals surface area contributed by atoms with Crippen LogP contribution < -0.4 is 0 Å². The Morgan fingerprint density at radius 3 is 1.63 bits per heavy atom. The summed E-state index contributed by atoms with van der Waals surface area (Å²) in [5.41, 5.74) is 0. The van der Waals surface area contributed by atoms with E-state index in [-0.39, 0.29) is 42.7 Å². The summed E-state index contributed by atoms with van der Waals surface area (Å²) in [6.45, 7) is 4.50. The Morgan fingerprint density at radius 2 is 1.07 bits per heavy atom. The van der Waals surface area contributed by atoms with Gasteiger partial charge < -0.3 is 23.8 Å². The number of likely N-dealkylation sites (N-methyl/N-ethyl adjacent to an activating group) is 1. The Balaban J connectivity index is 4.34. The Kier molecular flexibility index (Phi) is 34.5. The number of hydrogen-bond acceptors (Lipinski definition) is 6. The topological polar surface area (TPSA) is 99.1 Å². The van der Waals surface area contributed by atoms with E-state index in [2.05, 4.69) is 80.7 Å². The summed E-state index contributed by atoms with van der Waals surface area (Å²) < 4.78 is 17.1. The van der Waals surface area contributed by atoms with Crippen molar-refractivity contribution < 1.29 is 38.2 Å². The maximum absolute atomic E-state index is 12.7. The van der Waals surface area contributed by atoms with Crippen molar-refractivity contribution in [2.75, 3.05) is 41.0 Å². The van der Waals surface area contributed by atoms with Crippen LogP contribution in [-0.4, -0.2) is 80.6 Å². The maximum Gasteiger partial charge on any atom is 0.362 e. The molecule has 0 aliphatic rings. The lowest BCUT2D eigenvalue weighted by atomic mass is 10.1. The van der Waals surface area contributed by atoms with E-state index in [0.717, 1.165) is 77.0 Å². The minimum absolute atomic E-state index is 0.0397. The van der Waals surface area contributed by atoms with Gasteiger partial charge in [0.05, 0.1) is 34.4 Å². The zero-order valence-electron chi connectivity index (χ0n) is 34.9. The third-order valence-corrected chi connectivity index (χ3v) is 8.85. The number of unbranched alkanes of at least 4 members (excludes halogenated alkanes) is 10. The van der Waals surface area contributed by atoms with Crippen LogP contribution in [0.2, 0.25) is 0 Å². The normalized spacial score (nSPS) is 13.7. The Bertz CT molecular complexity index is 1110. The molecular formula is C46H78NO7+. The van der Waals surface area contributed by atoms with Crippen molar-refractivity contribution in [3.63, 3.8) is 0 Å². The highest BCUT2D eigenvalue weighted by Gasteiger charge is 2.31. The molecular weight excluding hydrogens is 679 g/mol. The number of aliphatic carboxylic acids is 1. The van der Waals surface area contributed by atoms with E-state index in [0.29, 0.717) is 19.3 Å². The fraction of sp³-hybridized carbons (Fsp3) is 0.674. The highest BCUT2D eigenvalue weighted by molar-refractivity contribution is 5.72. The molecule has 0 spiro atoms. The number of esters is 2. The predicted octanol–water partition coefficient (Wildman–Crippen LogP) is 11.2. The van der Waals surface area contributed by atoms with Crippen molar-refractivity contribution in [3.05, 3.63) is 72.9 Å². The van der Waals surface area contributed by atoms with E-state index in [9.17, 15) is 19.5 Å². The van der Waals surface area contributed by atoms with Crippen LogP contribution in [-0.2, 0) is 28.6 Å². The Morgan fingerprint density at radius 1 is 0.574 bits per heavy atom. The van der Waals surface area contributed by atoms with Gasteiger partial charge in [-0.2, -0.15) is 0 Å². The molecule has 0 aromatic carbocycles. The van der Waals surface area contributed by atoms with Crippen LogP contribution in [0.15, 0.2) is 72.9 Å². The van der Waals surface area contributed by atoms with Gasteiger partial charge in [-0.05, 0) is 70.6 Å². The van der Waals surface area contributed by atoms with Crippen LogP contribution in [0.5, 0.6) is 0 Å². The molecule has 8 nitrogen and oxygen atoms in total. The minimum Gasteiger partial charge on any atom is -0.477 e. The summed E-state index contributed by atoms with van der Waals surface area (Å²) in [7, 11) is 5.49. The molecule has 0 heterocycles. The van der Waals surface area contributed by atoms with Gasteiger partial charge in [-0.1, -0.05) is 132 Å². The number of carboxylic acid groups (broad SMARTS) is 1. The fourth-order valence-corrected chi connectivity index (χ4v) is 5.60. The van der Waals surface area contributed by atoms with Crippen molar-refractivity contribution >= 4 is 17.9 Å². The van der Waals surface area contributed by atoms with Gasteiger partial charge in [0.25, 0.3) is 0 Å². The molecule has 0 aliphatic carbocycles. The van der Waals surface area contributed by atoms with Crippen molar-refractivity contribution in [2.24, 2.45) is 0 Å². The highest BCUT2D eigenvalue weighted by atomic mass is 16.6. The third kappa shape index (κ3) is 34.5. The Labute approximate surface area is 330 Å². The summed E-state index contributed by atoms with van der Waals surface area (Å²) in [6.07, 6.45) is 45.4. The molecule has 0 aromatic rings. The average molecular weight is 757 g/mol. The number of allylic oxidation sites excluding steroid dienone is 12. The SMILES string of the molecule is CC/C=C/C/C=C/C/C=C/C/C=C/C/C=C/CCCCCCCCC(=O)OC(COCCC(C(=O)O)[N+](C)(C)C)COC(=O)CC/C=C/CCCCCC. The molecule has 0 aliphatic heterocycles. The Hall–Kier alpha value is -3.23. The molecule has 1 N–H and O–H groups in total. The lowest BCUT2D eigenvalue weighted by molar-refractivity contribution is -0.887. The number of quaternary nitrogens is 1. The van der Waals surface area contributed by atoms with Crippen LogP contribution in [0, 0.1) is 0 Å². The molecule has 0 saturated carbocycles. The zero-order valence-corrected chi connectivity index (χ0v) is 34.9. The van der Waals surface area contributed by atoms with Crippen LogP contribution in [0.3, 0.4) is 0 Å². The van der Waals surface area contributed by atoms with E-state index in [1.165, 1.54) is 32.1 Å². The molecule has 8 heteroatoms. The van der Waals surface area contributed by atoms with Crippen molar-refractivity contribution in [3.8, 4) is 0 Å². The predicted molar refractivity (Wildman–Crippen MR) is 224 cm³/mol. The third-order valence-electron chi connectivity index (χ3n) is 8.85. The van der Waals surface area contributed by atoms with E-state index in [1.54, 1.807) is 0 Å². The number of rotatable bonds is 36. The lowest BCUT2D eigenvalue weighted by Crippen LogP contribution is -2.50. The first-order chi connectivity index (χ1) is 26.1. The first kappa shape index (κ1) is 50.8. The van der Waals surface area contributed by atoms with Gasteiger partial charge in [-0.25, -0.2) is 4.79 Å². The molecule has 2 unspecified atom stereocenters. The summed E-state index contributed by atoms with van der Waals surface area (Å²) >= 11 is 0. The average Bonchev–Trinajstić information content (AvgIpc) is 3.12. The monoisotopic (exact) mass is 757 g/mol. The van der Waals surface area contributed by atoms with Crippen LogP contribution >= 0.6 is 0 Å². The molecule has 0 amide bonds. The number of carbonyl (C=O) groups excluding carboxylic acids is 2. The zero-order chi connectivity index (χ0) is 40.0. The summed E-state index contributed by atoms with van der Waals surface area (Å²) in [4.78, 5) is 36.7. The lowest BCUT2D eigenvalue weighted by Gasteiger charge is -2.31. The number of carbonyl (C=O) groups is 3. The minimum atomic E-state index is -0.886. The van der Waals surface area contributed by atoms with E-state index >= 15 is 0 Å². The summed E-state index contributed by atoms with van der Waals surface area (Å²) in [5.74, 6) is -1.56. The van der Waals surface area contributed by atoms with E-state index in [4.69, 9.17) is 14.2 Å². The molecule has 0 bridgehead atoms. The summed E-state index contributed by atoms with van der Waals surface area (Å²) in [5, 5.41) is 9.59. The number of hydrogen-bond donors (Lipinski definition) is 1. The highest BCUT2D eigenvalue weighted by Crippen LogP contribution is 2.12. The molecule has 2 atom stereocenters. The number of carboxylic acids is 1. The smallest absolute Gasteiger partial charge is 0.362 e. The van der Waals surface area contributed by atoms with Gasteiger partial charge in [0.2, 0.25) is 0 Å². The van der Waals surface area contributed by atoms with Gasteiger partial charge in [0.15, 0.2) is 12.1 Å². The second-order valence-corrected chi connectivity index (χ2v) is 14.9. The summed E-state index contributed by atoms with van der Waals surface area (Å²) in [6, 6.07) is -0.624. The van der Waals surface area contributed by atoms with Gasteiger partial charge in [-0.3, -0.25) is 9.59 Å². The molecule has 0 radical (unpaired) electrons. The maximum atomic E-state index is 12.7. The first-order valence-corrected chi connectivity index (χ1v) is 21.0. The van der Waals surface area contributed by atoms with Gasteiger partial charge in [0.1, 0.15) is 6.61 Å². The standard InChI is InChI=1S/C46H77NO7/c1-6-8-10-12-14-16-17-18-19-20-21-22-23-24-25-26-27-28-29-31-33-35-37-45(49)54-42(40-52-39-38-43(46(50)51)47(3,4)5)41-53-44(48)36-34-32-30-15-13-11-9-7-2/h8,10,14,16,18-19,21-22,24-25,30,32,42-43H,6-7,9,11-13,15,17,20,23,26-29,31,33-41H2,1-5H3/p+1/b10-8+,16-14+,19-18+,22-21+,25-24+,32-30+. The number of nitrogens with zero attached hydrogens (tertiary/aromatic N) is 1. The van der Waals surface area contributed by atoms with E-state index < -0.39 is 18.1 Å². The van der Waals surface area contributed by atoms with Crippen LogP contribution in [0.1, 0.15) is 149 Å². The van der Waals surface area contributed by atoms with Crippen LogP contribution in [0.25, 0.3) is 0 Å². The van der Waals surface area contributed by atoms with Gasteiger partial charge in [-0.15, -0.1) is 0 Å². The van der Waals surface area contributed by atoms with Crippen molar-refractivity contribution in [2.45, 2.75) is 161 Å². The second-order valence-electron chi connectivity index (χ2n) is 14.9. The second kappa shape index (κ2) is 36.7. The quantitative estimate of drug-likeness (QED) is 0.0294.